The van der Waals surface area contributed by atoms with E-state index in [0.29, 0.717) is 34.6 Å². The van der Waals surface area contributed by atoms with Crippen LogP contribution in [0.4, 0.5) is 5.69 Å². The van der Waals surface area contributed by atoms with E-state index in [1.807, 2.05) is 0 Å². The third-order valence-corrected chi connectivity index (χ3v) is 7.50. The lowest BCUT2D eigenvalue weighted by molar-refractivity contribution is -0.124. The zero-order valence-corrected chi connectivity index (χ0v) is 17.6. The first-order valence-electron chi connectivity index (χ1n) is 11.0. The summed E-state index contributed by atoms with van der Waals surface area (Å²) in [5, 5.41) is 0. The molecule has 2 saturated carbocycles. The van der Waals surface area contributed by atoms with Crippen molar-refractivity contribution < 1.29 is 23.9 Å². The molecule has 0 spiro atoms. The molecule has 1 heterocycles. The number of benzene rings is 2. The predicted molar refractivity (Wildman–Crippen MR) is 116 cm³/mol. The molecular weight excluding hydrogens is 406 g/mol. The minimum Gasteiger partial charge on any atom is -0.497 e. The van der Waals surface area contributed by atoms with Gasteiger partial charge in [-0.05, 0) is 54.4 Å². The van der Waals surface area contributed by atoms with E-state index in [4.69, 9.17) is 9.47 Å². The zero-order chi connectivity index (χ0) is 22.0. The molecule has 2 bridgehead atoms. The van der Waals surface area contributed by atoms with Gasteiger partial charge in [0.25, 0.3) is 0 Å². The van der Waals surface area contributed by atoms with Gasteiger partial charge in [0.05, 0.1) is 24.6 Å². The van der Waals surface area contributed by atoms with Crippen LogP contribution in [0, 0.1) is 35.5 Å². The van der Waals surface area contributed by atoms with Crippen LogP contribution in [0.15, 0.2) is 60.7 Å². The molecule has 3 fully saturated rings. The molecule has 1 saturated heterocycles. The molecule has 6 nitrogen and oxygen atoms in total. The van der Waals surface area contributed by atoms with Crippen molar-refractivity contribution in [3.63, 3.8) is 0 Å². The molecule has 1 aliphatic heterocycles. The minimum atomic E-state index is -0.236. The van der Waals surface area contributed by atoms with Crippen LogP contribution in [0.1, 0.15) is 16.8 Å². The molecule has 32 heavy (non-hydrogen) atoms. The summed E-state index contributed by atoms with van der Waals surface area (Å²) in [5.74, 6) is 1.71. The summed E-state index contributed by atoms with van der Waals surface area (Å²) >= 11 is 0. The van der Waals surface area contributed by atoms with Crippen molar-refractivity contribution in [2.45, 2.75) is 6.42 Å². The van der Waals surface area contributed by atoms with Crippen molar-refractivity contribution in [1.82, 2.24) is 0 Å². The molecule has 2 amide bonds. The highest BCUT2D eigenvalue weighted by Crippen LogP contribution is 2.65. The summed E-state index contributed by atoms with van der Waals surface area (Å²) in [4.78, 5) is 40.4. The van der Waals surface area contributed by atoms with Crippen LogP contribution in [0.3, 0.4) is 0 Å². The van der Waals surface area contributed by atoms with E-state index in [1.54, 1.807) is 55.6 Å². The van der Waals surface area contributed by atoms with Crippen molar-refractivity contribution in [3.8, 4) is 11.5 Å². The zero-order valence-electron chi connectivity index (χ0n) is 17.6. The summed E-state index contributed by atoms with van der Waals surface area (Å²) in [6.07, 6.45) is 5.47. The van der Waals surface area contributed by atoms with Gasteiger partial charge in [-0.3, -0.25) is 14.4 Å². The van der Waals surface area contributed by atoms with Gasteiger partial charge in [-0.1, -0.05) is 30.4 Å². The summed E-state index contributed by atoms with van der Waals surface area (Å²) in [6.45, 7) is -0.152. The van der Waals surface area contributed by atoms with E-state index in [9.17, 15) is 14.4 Å². The standard InChI is InChI=1S/C26H23NO5/c1-31-16-6-2-4-14(10-16)22(28)13-32-17-7-3-5-15(11-17)27-25(29)23-18-8-9-19(21-12-20(18)21)24(23)26(27)30/h2-11,18-21,23-24H,12-13H2,1H3/t18-,19+,20-,21-,23+,24-/m1/s1. The van der Waals surface area contributed by atoms with E-state index in [1.165, 1.54) is 4.90 Å². The number of amides is 2. The molecule has 4 aliphatic carbocycles. The van der Waals surface area contributed by atoms with Gasteiger partial charge >= 0.3 is 0 Å². The highest BCUT2D eigenvalue weighted by molar-refractivity contribution is 6.22. The molecule has 0 aromatic heterocycles. The Morgan fingerprint density at radius 1 is 0.938 bits per heavy atom. The highest BCUT2D eigenvalue weighted by atomic mass is 16.5. The fourth-order valence-electron chi connectivity index (χ4n) is 5.95. The Morgan fingerprint density at radius 2 is 1.59 bits per heavy atom. The number of Topliss-reactive ketones (excluding diaryl/α,β-unsaturated/α-hetero) is 1. The average molecular weight is 429 g/mol. The first-order valence-corrected chi connectivity index (χ1v) is 11.0. The number of hydrogen-bond donors (Lipinski definition) is 0. The Bertz CT molecular complexity index is 1130. The maximum absolute atomic E-state index is 13.3. The normalized spacial score (nSPS) is 31.3. The van der Waals surface area contributed by atoms with E-state index < -0.39 is 0 Å². The molecule has 0 N–H and O–H groups in total. The van der Waals surface area contributed by atoms with Gasteiger partial charge in [-0.2, -0.15) is 0 Å². The Labute approximate surface area is 185 Å². The van der Waals surface area contributed by atoms with Crippen molar-refractivity contribution in [3.05, 3.63) is 66.2 Å². The van der Waals surface area contributed by atoms with Gasteiger partial charge in [-0.15, -0.1) is 0 Å². The molecule has 5 aliphatic rings. The molecular formula is C26H23NO5. The smallest absolute Gasteiger partial charge is 0.238 e. The van der Waals surface area contributed by atoms with E-state index in [-0.39, 0.29) is 47.9 Å². The first-order chi connectivity index (χ1) is 15.6. The highest BCUT2D eigenvalue weighted by Gasteiger charge is 2.67. The number of carbonyl (C=O) groups is 3. The first kappa shape index (κ1) is 19.3. The summed E-state index contributed by atoms with van der Waals surface area (Å²) in [5.41, 5.74) is 1.00. The van der Waals surface area contributed by atoms with Crippen molar-refractivity contribution in [1.29, 1.82) is 0 Å². The summed E-state index contributed by atoms with van der Waals surface area (Å²) in [7, 11) is 1.55. The Hall–Kier alpha value is -3.41. The van der Waals surface area contributed by atoms with Crippen molar-refractivity contribution >= 4 is 23.3 Å². The molecule has 0 radical (unpaired) electrons. The lowest BCUT2D eigenvalue weighted by Crippen LogP contribution is -2.40. The number of nitrogens with zero attached hydrogens (tertiary/aromatic N) is 1. The number of anilines is 1. The number of imide groups is 1. The SMILES string of the molecule is COc1cccc(C(=O)COc2cccc(N3C(=O)[C@@H]4[C@H]5C=C[C@H]([C@H]6C[C@H]56)[C@@H]4C3=O)c2)c1. The molecule has 162 valence electrons. The Morgan fingerprint density at radius 3 is 2.28 bits per heavy atom. The van der Waals surface area contributed by atoms with Crippen LogP contribution in [-0.2, 0) is 9.59 Å². The fourth-order valence-corrected chi connectivity index (χ4v) is 5.95. The quantitative estimate of drug-likeness (QED) is 0.399. The van der Waals surface area contributed by atoms with E-state index in [2.05, 4.69) is 12.2 Å². The molecule has 2 aromatic carbocycles. The summed E-state index contributed by atoms with van der Waals surface area (Å²) in [6, 6.07) is 13.8. The number of allylic oxidation sites excluding steroid dienone is 2. The van der Waals surface area contributed by atoms with Gasteiger partial charge < -0.3 is 9.47 Å². The molecule has 0 unspecified atom stereocenters. The predicted octanol–water partition coefficient (Wildman–Crippen LogP) is 3.51. The third-order valence-electron chi connectivity index (χ3n) is 7.50. The molecule has 6 atom stereocenters. The minimum absolute atomic E-state index is 0.102. The molecule has 7 rings (SSSR count). The average Bonchev–Trinajstić information content (AvgIpc) is 3.61. The molecule has 6 heteroatoms. The maximum atomic E-state index is 13.3. The van der Waals surface area contributed by atoms with Gasteiger partial charge in [-0.25, -0.2) is 4.90 Å². The van der Waals surface area contributed by atoms with E-state index >= 15 is 0 Å². The number of hydrogen-bond acceptors (Lipinski definition) is 5. The van der Waals surface area contributed by atoms with Crippen LogP contribution >= 0.6 is 0 Å². The number of methoxy groups -OCH3 is 1. The van der Waals surface area contributed by atoms with Gasteiger partial charge in [0.2, 0.25) is 11.8 Å². The van der Waals surface area contributed by atoms with Crippen molar-refractivity contribution in [2.24, 2.45) is 35.5 Å². The van der Waals surface area contributed by atoms with Crippen LogP contribution in [0.2, 0.25) is 0 Å². The van der Waals surface area contributed by atoms with Gasteiger partial charge in [0.15, 0.2) is 12.4 Å². The van der Waals surface area contributed by atoms with Crippen LogP contribution < -0.4 is 14.4 Å². The Kier molecular flexibility index (Phi) is 4.25. The fraction of sp³-hybridized carbons (Fsp3) is 0.346. The van der Waals surface area contributed by atoms with Gasteiger partial charge in [0, 0.05) is 11.6 Å². The van der Waals surface area contributed by atoms with Crippen LogP contribution in [-0.4, -0.2) is 31.3 Å². The number of ketones is 1. The van der Waals surface area contributed by atoms with E-state index in [0.717, 1.165) is 6.42 Å². The van der Waals surface area contributed by atoms with Crippen LogP contribution in [0.5, 0.6) is 11.5 Å². The largest absolute Gasteiger partial charge is 0.497 e. The number of ether oxygens (including phenoxy) is 2. The monoisotopic (exact) mass is 429 g/mol. The lowest BCUT2D eigenvalue weighted by Gasteiger charge is -2.37. The second kappa shape index (κ2) is 7.05. The second-order valence-electron chi connectivity index (χ2n) is 9.11. The van der Waals surface area contributed by atoms with Crippen molar-refractivity contribution in [2.75, 3.05) is 18.6 Å². The lowest BCUT2D eigenvalue weighted by atomic mass is 9.63. The maximum Gasteiger partial charge on any atom is 0.238 e. The topological polar surface area (TPSA) is 72.9 Å². The second-order valence-corrected chi connectivity index (χ2v) is 9.11. The molecule has 2 aromatic rings. The Balaban J connectivity index is 1.20. The van der Waals surface area contributed by atoms with Crippen LogP contribution in [0.25, 0.3) is 0 Å². The number of carbonyl (C=O) groups excluding carboxylic acids is 3. The number of rotatable bonds is 6. The third kappa shape index (κ3) is 2.82. The summed E-state index contributed by atoms with van der Waals surface area (Å²) < 4.78 is 10.9. The van der Waals surface area contributed by atoms with Gasteiger partial charge in [0.1, 0.15) is 11.5 Å².